The van der Waals surface area contributed by atoms with Crippen LogP contribution < -0.4 is 10.4 Å². The lowest BCUT2D eigenvalue weighted by Crippen LogP contribution is -2.12. The van der Waals surface area contributed by atoms with Crippen LogP contribution in [-0.2, 0) is 6.61 Å². The van der Waals surface area contributed by atoms with Gasteiger partial charge in [-0.3, -0.25) is 0 Å². The molecule has 22 heavy (non-hydrogen) atoms. The van der Waals surface area contributed by atoms with Gasteiger partial charge in [-0.25, -0.2) is 4.79 Å². The third kappa shape index (κ3) is 5.79. The molecule has 0 aromatic carbocycles. The van der Waals surface area contributed by atoms with E-state index in [0.29, 0.717) is 6.42 Å². The quantitative estimate of drug-likeness (QED) is 0.570. The van der Waals surface area contributed by atoms with Crippen molar-refractivity contribution in [2.45, 2.75) is 64.3 Å². The van der Waals surface area contributed by atoms with E-state index in [1.807, 2.05) is 0 Å². The lowest BCUT2D eigenvalue weighted by Gasteiger charge is -2.12. The highest BCUT2D eigenvalue weighted by Gasteiger charge is 2.17. The van der Waals surface area contributed by atoms with Gasteiger partial charge in [-0.15, -0.1) is 0 Å². The van der Waals surface area contributed by atoms with Crippen molar-refractivity contribution in [1.29, 1.82) is 0 Å². The number of hydrogen-bond donors (Lipinski definition) is 3. The van der Waals surface area contributed by atoms with Crippen molar-refractivity contribution >= 4 is 0 Å². The molecule has 0 radical (unpaired) electrons. The molecule has 1 aromatic rings. The van der Waals surface area contributed by atoms with Gasteiger partial charge in [0.25, 0.3) is 0 Å². The highest BCUT2D eigenvalue weighted by atomic mass is 16.5. The minimum atomic E-state index is -0.869. The highest BCUT2D eigenvalue weighted by molar-refractivity contribution is 5.31. The first-order valence-corrected chi connectivity index (χ1v) is 7.67. The van der Waals surface area contributed by atoms with Gasteiger partial charge >= 0.3 is 5.63 Å². The molecule has 0 saturated carbocycles. The maximum absolute atomic E-state index is 11.7. The molecule has 3 N–H and O–H groups in total. The predicted molar refractivity (Wildman–Crippen MR) is 81.8 cm³/mol. The van der Waals surface area contributed by atoms with E-state index in [-0.39, 0.29) is 23.2 Å². The molecule has 6 heteroatoms. The van der Waals surface area contributed by atoms with Crippen LogP contribution in [0.4, 0.5) is 0 Å². The number of aliphatic hydroxyl groups is 3. The molecule has 2 atom stereocenters. The fraction of sp³-hybridized carbons (Fsp3) is 0.688. The van der Waals surface area contributed by atoms with E-state index in [2.05, 4.69) is 0 Å². The first kappa shape index (κ1) is 18.7. The molecule has 0 aliphatic carbocycles. The minimum Gasteiger partial charge on any atom is -0.496 e. The van der Waals surface area contributed by atoms with Gasteiger partial charge in [0.1, 0.15) is 23.2 Å². The highest BCUT2D eigenvalue weighted by Crippen LogP contribution is 2.24. The van der Waals surface area contributed by atoms with Crippen LogP contribution in [-0.4, -0.2) is 28.5 Å². The third-order valence-electron chi connectivity index (χ3n) is 3.58. The molecule has 0 fully saturated rings. The van der Waals surface area contributed by atoms with Crippen molar-refractivity contribution < 1.29 is 24.5 Å². The topological polar surface area (TPSA) is 100 Å². The summed E-state index contributed by atoms with van der Waals surface area (Å²) < 4.78 is 10.1. The summed E-state index contributed by atoms with van der Waals surface area (Å²) in [5, 5.41) is 28.3. The summed E-state index contributed by atoms with van der Waals surface area (Å²) in [7, 11) is 1.40. The van der Waals surface area contributed by atoms with E-state index < -0.39 is 18.3 Å². The number of unbranched alkanes of at least 4 members (excludes halogenated alkanes) is 3. The van der Waals surface area contributed by atoms with Gasteiger partial charge in [0.15, 0.2) is 0 Å². The van der Waals surface area contributed by atoms with Crippen molar-refractivity contribution in [2.24, 2.45) is 0 Å². The number of aliphatic hydroxyl groups excluding tert-OH is 3. The Kier molecular flexibility index (Phi) is 8.16. The second-order valence-electron chi connectivity index (χ2n) is 5.50. The number of ether oxygens (including phenoxy) is 1. The Labute approximate surface area is 130 Å². The zero-order valence-corrected chi connectivity index (χ0v) is 13.2. The van der Waals surface area contributed by atoms with Crippen molar-refractivity contribution in [3.8, 4) is 5.75 Å². The second kappa shape index (κ2) is 9.61. The van der Waals surface area contributed by atoms with Crippen LogP contribution in [0.5, 0.6) is 5.75 Å². The summed E-state index contributed by atoms with van der Waals surface area (Å²) >= 11 is 0. The predicted octanol–water partition coefficient (Wildman–Crippen LogP) is 1.90. The zero-order valence-electron chi connectivity index (χ0n) is 13.2. The summed E-state index contributed by atoms with van der Waals surface area (Å²) in [6.45, 7) is 1.31. The maximum Gasteiger partial charge on any atom is 0.345 e. The van der Waals surface area contributed by atoms with E-state index in [9.17, 15) is 9.90 Å². The van der Waals surface area contributed by atoms with Crippen LogP contribution in [0.1, 0.15) is 62.9 Å². The Bertz CT molecular complexity index is 494. The lowest BCUT2D eigenvalue weighted by molar-refractivity contribution is 0.129. The Balaban J connectivity index is 2.50. The second-order valence-corrected chi connectivity index (χ2v) is 5.50. The third-order valence-corrected chi connectivity index (χ3v) is 3.58. The maximum atomic E-state index is 11.7. The van der Waals surface area contributed by atoms with Gasteiger partial charge < -0.3 is 24.5 Å². The summed E-state index contributed by atoms with van der Waals surface area (Å²) in [6, 6.07) is 1.45. The monoisotopic (exact) mass is 314 g/mol. The van der Waals surface area contributed by atoms with Gasteiger partial charge in [0.2, 0.25) is 0 Å². The Morgan fingerprint density at radius 2 is 1.82 bits per heavy atom. The first-order chi connectivity index (χ1) is 10.5. The molecule has 126 valence electrons. The standard InChI is InChI=1S/C16H26O6/c1-11(18)7-5-3-4-6-8-13(19)15-9-14(21-2)12(10-17)16(20)22-15/h9,11,13,17-19H,3-8,10H2,1-2H3/t11-,13+/m1/s1. The van der Waals surface area contributed by atoms with Gasteiger partial charge in [0, 0.05) is 6.07 Å². The fourth-order valence-corrected chi connectivity index (χ4v) is 2.28. The number of rotatable bonds is 10. The van der Waals surface area contributed by atoms with Crippen LogP contribution in [0.3, 0.4) is 0 Å². The molecule has 1 rings (SSSR count). The van der Waals surface area contributed by atoms with Crippen LogP contribution in [0.2, 0.25) is 0 Å². The molecule has 6 nitrogen and oxygen atoms in total. The van der Waals surface area contributed by atoms with Crippen LogP contribution >= 0.6 is 0 Å². The summed E-state index contributed by atoms with van der Waals surface area (Å²) in [4.78, 5) is 11.7. The fourth-order valence-electron chi connectivity index (χ4n) is 2.28. The van der Waals surface area contributed by atoms with Crippen LogP contribution in [0.25, 0.3) is 0 Å². The smallest absolute Gasteiger partial charge is 0.345 e. The number of hydrogen-bond acceptors (Lipinski definition) is 6. The molecule has 0 amide bonds. The first-order valence-electron chi connectivity index (χ1n) is 7.67. The van der Waals surface area contributed by atoms with Crippen LogP contribution in [0, 0.1) is 0 Å². The molecule has 0 aliphatic rings. The molecule has 0 saturated heterocycles. The van der Waals surface area contributed by atoms with E-state index >= 15 is 0 Å². The molecule has 0 unspecified atom stereocenters. The zero-order chi connectivity index (χ0) is 16.5. The van der Waals surface area contributed by atoms with Crippen molar-refractivity contribution in [3.63, 3.8) is 0 Å². The van der Waals surface area contributed by atoms with Crippen LogP contribution in [0.15, 0.2) is 15.3 Å². The van der Waals surface area contributed by atoms with Crippen molar-refractivity contribution in [2.75, 3.05) is 7.11 Å². The average molecular weight is 314 g/mol. The van der Waals surface area contributed by atoms with E-state index in [0.717, 1.165) is 32.1 Å². The molecular weight excluding hydrogens is 288 g/mol. The normalized spacial score (nSPS) is 13.9. The minimum absolute atomic E-state index is 0.0524. The van der Waals surface area contributed by atoms with Crippen molar-refractivity contribution in [3.05, 3.63) is 27.8 Å². The van der Waals surface area contributed by atoms with Gasteiger partial charge in [0.05, 0.1) is 19.8 Å². The molecule has 0 bridgehead atoms. The molecule has 0 aliphatic heterocycles. The summed E-state index contributed by atoms with van der Waals surface area (Å²) in [5.41, 5.74) is -0.635. The molecular formula is C16H26O6. The summed E-state index contributed by atoms with van der Waals surface area (Å²) in [5.74, 6) is 0.382. The average Bonchev–Trinajstić information content (AvgIpc) is 2.49. The Morgan fingerprint density at radius 3 is 2.36 bits per heavy atom. The SMILES string of the molecule is COc1cc([C@@H](O)CCCCCC[C@@H](C)O)oc(=O)c1CO. The van der Waals surface area contributed by atoms with Gasteiger partial charge in [-0.1, -0.05) is 25.7 Å². The van der Waals surface area contributed by atoms with E-state index in [1.54, 1.807) is 6.92 Å². The lowest BCUT2D eigenvalue weighted by atomic mass is 10.0. The van der Waals surface area contributed by atoms with E-state index in [1.165, 1.54) is 13.2 Å². The Hall–Kier alpha value is -1.37. The van der Waals surface area contributed by atoms with Gasteiger partial charge in [-0.2, -0.15) is 0 Å². The molecule has 0 spiro atoms. The largest absolute Gasteiger partial charge is 0.496 e. The van der Waals surface area contributed by atoms with E-state index in [4.69, 9.17) is 19.4 Å². The summed E-state index contributed by atoms with van der Waals surface area (Å²) in [6.07, 6.45) is 3.84. The number of methoxy groups -OCH3 is 1. The molecule has 1 heterocycles. The van der Waals surface area contributed by atoms with Gasteiger partial charge in [-0.05, 0) is 19.8 Å². The molecule has 1 aromatic heterocycles. The Morgan fingerprint density at radius 1 is 1.18 bits per heavy atom. The van der Waals surface area contributed by atoms with Crippen molar-refractivity contribution in [1.82, 2.24) is 0 Å².